The van der Waals surface area contributed by atoms with E-state index in [4.69, 9.17) is 0 Å². The Morgan fingerprint density at radius 2 is 1.69 bits per heavy atom. The highest BCUT2D eigenvalue weighted by Crippen LogP contribution is 2.31. The normalized spacial score (nSPS) is 22.1. The smallest absolute Gasteiger partial charge is 0.227 e. The van der Waals surface area contributed by atoms with Crippen molar-refractivity contribution in [1.82, 2.24) is 0 Å². The first-order chi connectivity index (χ1) is 7.81. The van der Waals surface area contributed by atoms with Crippen LogP contribution < -0.4 is 4.57 Å². The maximum absolute atomic E-state index is 10.7. The Morgan fingerprint density at radius 3 is 2.50 bits per heavy atom. The van der Waals surface area contributed by atoms with E-state index in [9.17, 15) is 5.11 Å². The number of hydrogen-bond acceptors (Lipinski definition) is 1. The zero-order valence-corrected chi connectivity index (χ0v) is 8.75. The number of aromatic nitrogens is 1. The molecule has 0 fully saturated rings. The number of rotatable bonds is 1. The monoisotopic (exact) mass is 210 g/mol. The number of nitrogens with zero attached hydrogens (tertiary/aromatic N) is 1. The molecule has 2 heteroatoms. The Labute approximate surface area is 94.1 Å². The molecule has 0 aliphatic carbocycles. The summed E-state index contributed by atoms with van der Waals surface area (Å²) < 4.78 is 1.94. The molecule has 1 aliphatic heterocycles. The summed E-state index contributed by atoms with van der Waals surface area (Å²) in [7, 11) is 0. The average molecular weight is 210 g/mol. The molecular formula is C14H12NO+. The first kappa shape index (κ1) is 9.31. The molecule has 2 nitrogen and oxygen atoms in total. The molecule has 2 aromatic rings. The van der Waals surface area contributed by atoms with Crippen molar-refractivity contribution in [1.29, 1.82) is 0 Å². The van der Waals surface area contributed by atoms with Gasteiger partial charge < -0.3 is 5.11 Å². The molecule has 0 amide bonds. The quantitative estimate of drug-likeness (QED) is 0.712. The maximum Gasteiger partial charge on any atom is 0.227 e. The topological polar surface area (TPSA) is 24.1 Å². The number of aliphatic hydroxyl groups is 1. The molecule has 0 bridgehead atoms. The van der Waals surface area contributed by atoms with Gasteiger partial charge in [0.2, 0.25) is 5.69 Å². The van der Waals surface area contributed by atoms with Crippen LogP contribution in [0.15, 0.2) is 60.8 Å². The molecule has 1 aliphatic rings. The van der Waals surface area contributed by atoms with Crippen LogP contribution in [0, 0.1) is 0 Å². The first-order valence-electron chi connectivity index (χ1n) is 5.28. The lowest BCUT2D eigenvalue weighted by Crippen LogP contribution is -2.35. The Kier molecular flexibility index (Phi) is 1.91. The number of hydrogen-bond donors (Lipinski definition) is 1. The third kappa shape index (κ3) is 1.20. The van der Waals surface area contributed by atoms with Crippen molar-refractivity contribution < 1.29 is 9.67 Å². The third-order valence-corrected chi connectivity index (χ3v) is 2.97. The molecule has 0 unspecified atom stereocenters. The second-order valence-electron chi connectivity index (χ2n) is 3.94. The highest BCUT2D eigenvalue weighted by atomic mass is 16.3. The van der Waals surface area contributed by atoms with Gasteiger partial charge in [-0.05, 0) is 11.6 Å². The van der Waals surface area contributed by atoms with Gasteiger partial charge >= 0.3 is 0 Å². The van der Waals surface area contributed by atoms with E-state index in [1.807, 2.05) is 71.6 Å². The van der Waals surface area contributed by atoms with E-state index >= 15 is 0 Å². The van der Waals surface area contributed by atoms with Crippen LogP contribution in [0.1, 0.15) is 11.3 Å². The molecular weight excluding hydrogens is 198 g/mol. The van der Waals surface area contributed by atoms with E-state index in [2.05, 4.69) is 0 Å². The highest BCUT2D eigenvalue weighted by Gasteiger charge is 2.41. The number of fused-ring (bicyclic) bond motifs is 1. The van der Waals surface area contributed by atoms with Crippen LogP contribution in [0.3, 0.4) is 0 Å². The molecule has 1 atom stereocenters. The van der Waals surface area contributed by atoms with Crippen LogP contribution in [0.5, 0.6) is 0 Å². The number of pyridine rings is 1. The molecule has 0 radical (unpaired) electrons. The molecule has 2 heterocycles. The standard InChI is InChI=1S/C14H12NO/c16-14(12-6-2-1-3-7-12)9-11-15-10-5-4-8-13(14)15/h1-11,16H/q+1/t14-/m1/s1. The molecule has 1 aromatic carbocycles. The molecule has 0 saturated heterocycles. The maximum atomic E-state index is 10.7. The summed E-state index contributed by atoms with van der Waals surface area (Å²) in [6.07, 6.45) is 5.65. The highest BCUT2D eigenvalue weighted by molar-refractivity contribution is 5.42. The second-order valence-corrected chi connectivity index (χ2v) is 3.94. The zero-order valence-electron chi connectivity index (χ0n) is 8.75. The summed E-state index contributed by atoms with van der Waals surface area (Å²) in [5.74, 6) is 0. The molecule has 0 saturated carbocycles. The fourth-order valence-electron chi connectivity index (χ4n) is 2.12. The fraction of sp³-hybridized carbons (Fsp3) is 0.0714. The Morgan fingerprint density at radius 1 is 0.938 bits per heavy atom. The Hall–Kier alpha value is -1.93. The molecule has 3 rings (SSSR count). The number of benzene rings is 1. The van der Waals surface area contributed by atoms with Crippen molar-refractivity contribution >= 4 is 6.20 Å². The van der Waals surface area contributed by atoms with Gasteiger partial charge in [0, 0.05) is 18.2 Å². The molecule has 1 aromatic heterocycles. The van der Waals surface area contributed by atoms with Crippen LogP contribution in [0.2, 0.25) is 0 Å². The van der Waals surface area contributed by atoms with Gasteiger partial charge in [0.25, 0.3) is 0 Å². The average Bonchev–Trinajstić information content (AvgIpc) is 2.71. The minimum Gasteiger partial charge on any atom is -0.371 e. The fourth-order valence-corrected chi connectivity index (χ4v) is 2.12. The SMILES string of the molecule is O[C@@]1(c2ccccc2)C=C[n+]2ccccc21. The summed E-state index contributed by atoms with van der Waals surface area (Å²) in [5, 5.41) is 10.7. The van der Waals surface area contributed by atoms with Crippen molar-refractivity contribution in [3.63, 3.8) is 0 Å². The van der Waals surface area contributed by atoms with Crippen LogP contribution in [0.25, 0.3) is 6.20 Å². The van der Waals surface area contributed by atoms with Crippen LogP contribution in [-0.4, -0.2) is 5.11 Å². The summed E-state index contributed by atoms with van der Waals surface area (Å²) in [6.45, 7) is 0. The van der Waals surface area contributed by atoms with E-state index in [0.29, 0.717) is 0 Å². The Balaban J connectivity index is 2.19. The third-order valence-electron chi connectivity index (χ3n) is 2.97. The van der Waals surface area contributed by atoms with Gasteiger partial charge in [-0.2, -0.15) is 4.57 Å². The van der Waals surface area contributed by atoms with E-state index < -0.39 is 5.60 Å². The van der Waals surface area contributed by atoms with E-state index in [1.165, 1.54) is 0 Å². The lowest BCUT2D eigenvalue weighted by molar-refractivity contribution is -0.577. The van der Waals surface area contributed by atoms with Gasteiger partial charge in [-0.3, -0.25) is 0 Å². The first-order valence-corrected chi connectivity index (χ1v) is 5.28. The summed E-state index contributed by atoms with van der Waals surface area (Å²) in [6, 6.07) is 15.5. The van der Waals surface area contributed by atoms with Gasteiger partial charge in [-0.1, -0.05) is 30.3 Å². The van der Waals surface area contributed by atoms with E-state index in [1.54, 1.807) is 0 Å². The molecule has 0 spiro atoms. The van der Waals surface area contributed by atoms with Crippen LogP contribution in [0.4, 0.5) is 0 Å². The lowest BCUT2D eigenvalue weighted by Gasteiger charge is -2.17. The van der Waals surface area contributed by atoms with Crippen molar-refractivity contribution in [3.8, 4) is 0 Å². The minimum atomic E-state index is -0.997. The van der Waals surface area contributed by atoms with Crippen LogP contribution >= 0.6 is 0 Å². The van der Waals surface area contributed by atoms with E-state index in [-0.39, 0.29) is 0 Å². The predicted molar refractivity (Wildman–Crippen MR) is 61.4 cm³/mol. The van der Waals surface area contributed by atoms with Crippen molar-refractivity contribution in [2.75, 3.05) is 0 Å². The minimum absolute atomic E-state index is 0.876. The van der Waals surface area contributed by atoms with Crippen molar-refractivity contribution in [2.45, 2.75) is 5.60 Å². The molecule has 1 N–H and O–H groups in total. The Bertz CT molecular complexity index is 548. The van der Waals surface area contributed by atoms with Gasteiger partial charge in [0.15, 0.2) is 18.0 Å². The molecule has 16 heavy (non-hydrogen) atoms. The molecule has 78 valence electrons. The summed E-state index contributed by atoms with van der Waals surface area (Å²) in [5.41, 5.74) is 0.771. The van der Waals surface area contributed by atoms with Crippen LogP contribution in [-0.2, 0) is 5.60 Å². The summed E-state index contributed by atoms with van der Waals surface area (Å²) in [4.78, 5) is 0. The summed E-state index contributed by atoms with van der Waals surface area (Å²) >= 11 is 0. The van der Waals surface area contributed by atoms with Crippen molar-refractivity contribution in [2.24, 2.45) is 0 Å². The van der Waals surface area contributed by atoms with Gasteiger partial charge in [-0.15, -0.1) is 0 Å². The largest absolute Gasteiger partial charge is 0.371 e. The second kappa shape index (κ2) is 3.29. The van der Waals surface area contributed by atoms with Gasteiger partial charge in [0.05, 0.1) is 0 Å². The van der Waals surface area contributed by atoms with Gasteiger partial charge in [0.1, 0.15) is 0 Å². The lowest BCUT2D eigenvalue weighted by atomic mass is 9.91. The van der Waals surface area contributed by atoms with Crippen molar-refractivity contribution in [3.05, 3.63) is 72.1 Å². The van der Waals surface area contributed by atoms with Gasteiger partial charge in [-0.25, -0.2) is 0 Å². The zero-order chi connectivity index (χ0) is 11.0. The van der Waals surface area contributed by atoms with E-state index in [0.717, 1.165) is 11.3 Å². The predicted octanol–water partition coefficient (Wildman–Crippen LogP) is 1.69.